The molecule has 4 nitrogen and oxygen atoms in total. The van der Waals surface area contributed by atoms with Crippen LogP contribution < -0.4 is 5.32 Å². The van der Waals surface area contributed by atoms with Crippen LogP contribution in [0.5, 0.6) is 0 Å². The summed E-state index contributed by atoms with van der Waals surface area (Å²) in [5.41, 5.74) is 0. The highest BCUT2D eigenvalue weighted by Gasteiger charge is 2.61. The van der Waals surface area contributed by atoms with Crippen molar-refractivity contribution in [3.05, 3.63) is 0 Å². The minimum atomic E-state index is -4.49. The molecule has 0 aromatic carbocycles. The average Bonchev–Trinajstić information content (AvgIpc) is 2.68. The Balaban J connectivity index is 2.29. The van der Waals surface area contributed by atoms with E-state index in [0.29, 0.717) is 0 Å². The lowest BCUT2D eigenvalue weighted by Crippen LogP contribution is -2.46. The number of likely N-dealkylation sites (tertiary alicyclic amines) is 1. The highest BCUT2D eigenvalue weighted by Crippen LogP contribution is 2.39. The quantitative estimate of drug-likeness (QED) is 0.659. The maximum absolute atomic E-state index is 12.6. The van der Waals surface area contributed by atoms with Gasteiger partial charge in [-0.05, 0) is 6.92 Å². The number of carbonyl (C=O) groups is 2. The fourth-order valence-corrected chi connectivity index (χ4v) is 2.42. The molecule has 2 saturated heterocycles. The molecule has 0 bridgehead atoms. The number of hydrogen-bond donors (Lipinski definition) is 1. The van der Waals surface area contributed by atoms with E-state index in [-0.39, 0.29) is 13.1 Å². The summed E-state index contributed by atoms with van der Waals surface area (Å²) in [6.07, 6.45) is -4.49. The Morgan fingerprint density at radius 1 is 1.38 bits per heavy atom. The Bertz CT molecular complexity index is 342. The summed E-state index contributed by atoms with van der Waals surface area (Å²) in [5.74, 6) is -3.31. The van der Waals surface area contributed by atoms with E-state index in [1.165, 1.54) is 0 Å². The third kappa shape index (κ3) is 1.41. The second kappa shape index (κ2) is 3.44. The largest absolute Gasteiger partial charge is 0.404 e. The van der Waals surface area contributed by atoms with Gasteiger partial charge >= 0.3 is 6.18 Å². The number of alkyl halides is 3. The Kier molecular flexibility index (Phi) is 2.45. The van der Waals surface area contributed by atoms with Crippen LogP contribution >= 0.6 is 0 Å². The third-order valence-electron chi connectivity index (χ3n) is 3.15. The van der Waals surface area contributed by atoms with Gasteiger partial charge in [0.15, 0.2) is 0 Å². The molecule has 7 heteroatoms. The number of rotatable bonds is 1. The SMILES string of the molecule is CCN1C(=O)[C@H]2[C@@H](CN[C@@H]2C(F)(F)F)C1=O. The van der Waals surface area contributed by atoms with E-state index < -0.39 is 35.9 Å². The standard InChI is InChI=1S/C9H11F3N2O2/c1-2-14-7(15)4-3-13-6(9(10,11)12)5(4)8(14)16/h4-6,13H,2-3H2,1H3/t4-,5+,6+/m1/s1. The fraction of sp³-hybridized carbons (Fsp3) is 0.778. The summed E-state index contributed by atoms with van der Waals surface area (Å²) >= 11 is 0. The van der Waals surface area contributed by atoms with Gasteiger partial charge in [0.25, 0.3) is 0 Å². The Morgan fingerprint density at radius 3 is 2.50 bits per heavy atom. The monoisotopic (exact) mass is 236 g/mol. The molecule has 0 radical (unpaired) electrons. The Hall–Kier alpha value is -1.11. The lowest BCUT2D eigenvalue weighted by Gasteiger charge is -2.20. The normalized spacial score (nSPS) is 34.8. The number of fused-ring (bicyclic) bond motifs is 1. The van der Waals surface area contributed by atoms with Crippen LogP contribution in [-0.4, -0.2) is 42.0 Å². The highest BCUT2D eigenvalue weighted by molar-refractivity contribution is 6.06. The van der Waals surface area contributed by atoms with Gasteiger partial charge in [-0.25, -0.2) is 0 Å². The van der Waals surface area contributed by atoms with Crippen LogP contribution in [0.3, 0.4) is 0 Å². The van der Waals surface area contributed by atoms with Gasteiger partial charge in [-0.3, -0.25) is 14.5 Å². The van der Waals surface area contributed by atoms with Gasteiger partial charge in [0.2, 0.25) is 11.8 Å². The highest BCUT2D eigenvalue weighted by atomic mass is 19.4. The van der Waals surface area contributed by atoms with Crippen molar-refractivity contribution in [2.24, 2.45) is 11.8 Å². The first-order valence-corrected chi connectivity index (χ1v) is 5.03. The molecule has 0 saturated carbocycles. The van der Waals surface area contributed by atoms with Gasteiger partial charge in [0.1, 0.15) is 6.04 Å². The second-order valence-electron chi connectivity index (χ2n) is 3.98. The topological polar surface area (TPSA) is 49.4 Å². The summed E-state index contributed by atoms with van der Waals surface area (Å²) in [7, 11) is 0. The van der Waals surface area contributed by atoms with E-state index >= 15 is 0 Å². The van der Waals surface area contributed by atoms with Gasteiger partial charge in [-0.15, -0.1) is 0 Å². The van der Waals surface area contributed by atoms with Gasteiger partial charge in [0, 0.05) is 13.1 Å². The molecule has 16 heavy (non-hydrogen) atoms. The maximum atomic E-state index is 12.6. The smallest absolute Gasteiger partial charge is 0.305 e. The summed E-state index contributed by atoms with van der Waals surface area (Å²) in [6.45, 7) is 1.64. The lowest BCUT2D eigenvalue weighted by atomic mass is 9.93. The van der Waals surface area contributed by atoms with Crippen LogP contribution in [0, 0.1) is 11.8 Å². The zero-order valence-electron chi connectivity index (χ0n) is 8.54. The molecule has 2 amide bonds. The third-order valence-corrected chi connectivity index (χ3v) is 3.15. The molecule has 2 aliphatic heterocycles. The first-order chi connectivity index (χ1) is 7.38. The summed E-state index contributed by atoms with van der Waals surface area (Å²) < 4.78 is 37.8. The molecule has 3 atom stereocenters. The zero-order chi connectivity index (χ0) is 12.1. The van der Waals surface area contributed by atoms with Crippen LogP contribution in [0.25, 0.3) is 0 Å². The van der Waals surface area contributed by atoms with Gasteiger partial charge in [-0.1, -0.05) is 0 Å². The zero-order valence-corrected chi connectivity index (χ0v) is 8.54. The van der Waals surface area contributed by atoms with Crippen molar-refractivity contribution in [1.29, 1.82) is 0 Å². The maximum Gasteiger partial charge on any atom is 0.404 e. The number of imide groups is 1. The summed E-state index contributed by atoms with van der Waals surface area (Å²) in [4.78, 5) is 24.2. The van der Waals surface area contributed by atoms with Crippen molar-refractivity contribution in [2.75, 3.05) is 13.1 Å². The van der Waals surface area contributed by atoms with E-state index in [9.17, 15) is 22.8 Å². The molecule has 2 heterocycles. The predicted molar refractivity (Wildman–Crippen MR) is 47.2 cm³/mol. The first kappa shape index (κ1) is 11.4. The predicted octanol–water partition coefficient (Wildman–Crippen LogP) is 0.142. The average molecular weight is 236 g/mol. The van der Waals surface area contributed by atoms with Crippen molar-refractivity contribution >= 4 is 11.8 Å². The van der Waals surface area contributed by atoms with Crippen molar-refractivity contribution in [2.45, 2.75) is 19.1 Å². The van der Waals surface area contributed by atoms with Crippen LogP contribution in [0.15, 0.2) is 0 Å². The first-order valence-electron chi connectivity index (χ1n) is 5.03. The van der Waals surface area contributed by atoms with Gasteiger partial charge in [-0.2, -0.15) is 13.2 Å². The minimum Gasteiger partial charge on any atom is -0.305 e. The molecule has 0 aromatic rings. The Labute approximate surface area is 89.8 Å². The molecular formula is C9H11F3N2O2. The molecule has 0 aliphatic carbocycles. The van der Waals surface area contributed by atoms with Gasteiger partial charge < -0.3 is 5.32 Å². The van der Waals surface area contributed by atoms with E-state index in [4.69, 9.17) is 0 Å². The summed E-state index contributed by atoms with van der Waals surface area (Å²) in [5, 5.41) is 2.21. The van der Waals surface area contributed by atoms with Crippen LogP contribution in [0.1, 0.15) is 6.92 Å². The number of nitrogens with one attached hydrogen (secondary N) is 1. The molecular weight excluding hydrogens is 225 g/mol. The molecule has 2 aliphatic rings. The van der Waals surface area contributed by atoms with E-state index in [1.807, 2.05) is 0 Å². The van der Waals surface area contributed by atoms with Crippen molar-refractivity contribution in [1.82, 2.24) is 10.2 Å². The van der Waals surface area contributed by atoms with Crippen LogP contribution in [-0.2, 0) is 9.59 Å². The summed E-state index contributed by atoms with van der Waals surface area (Å²) in [6, 6.07) is -1.88. The number of carbonyl (C=O) groups excluding carboxylic acids is 2. The molecule has 0 aromatic heterocycles. The van der Waals surface area contributed by atoms with Crippen molar-refractivity contribution < 1.29 is 22.8 Å². The van der Waals surface area contributed by atoms with Crippen LogP contribution in [0.4, 0.5) is 13.2 Å². The Morgan fingerprint density at radius 2 is 2.00 bits per heavy atom. The number of halogens is 3. The van der Waals surface area contributed by atoms with Gasteiger partial charge in [0.05, 0.1) is 11.8 Å². The minimum absolute atomic E-state index is 0.0735. The van der Waals surface area contributed by atoms with Crippen LogP contribution in [0.2, 0.25) is 0 Å². The lowest BCUT2D eigenvalue weighted by molar-refractivity contribution is -0.168. The molecule has 2 fully saturated rings. The van der Waals surface area contributed by atoms with Crippen molar-refractivity contribution in [3.8, 4) is 0 Å². The van der Waals surface area contributed by atoms with Crippen molar-refractivity contribution in [3.63, 3.8) is 0 Å². The molecule has 2 rings (SSSR count). The molecule has 0 spiro atoms. The molecule has 90 valence electrons. The number of nitrogens with zero attached hydrogens (tertiary/aromatic N) is 1. The molecule has 1 N–H and O–H groups in total. The number of hydrogen-bond acceptors (Lipinski definition) is 3. The second-order valence-corrected chi connectivity index (χ2v) is 3.98. The van der Waals surface area contributed by atoms with E-state index in [0.717, 1.165) is 4.90 Å². The number of amides is 2. The fourth-order valence-electron chi connectivity index (χ4n) is 2.42. The van der Waals surface area contributed by atoms with E-state index in [2.05, 4.69) is 5.32 Å². The van der Waals surface area contributed by atoms with E-state index in [1.54, 1.807) is 6.92 Å². The molecule has 0 unspecified atom stereocenters.